The molecule has 0 aliphatic rings. The highest BCUT2D eigenvalue weighted by molar-refractivity contribution is 7.90. The first kappa shape index (κ1) is 12.9. The molecule has 96 valence electrons. The minimum absolute atomic E-state index is 0.214. The van der Waals surface area contributed by atoms with Crippen molar-refractivity contribution in [3.8, 4) is 0 Å². The third kappa shape index (κ3) is 3.00. The minimum atomic E-state index is -3.25. The highest BCUT2D eigenvalue weighted by atomic mass is 32.2. The number of rotatable bonds is 4. The summed E-state index contributed by atoms with van der Waals surface area (Å²) in [4.78, 5) is 0.214. The number of hydrogen-bond donors (Lipinski definition) is 1. The third-order valence-electron chi connectivity index (χ3n) is 2.68. The van der Waals surface area contributed by atoms with Gasteiger partial charge in [-0.3, -0.25) is 0 Å². The van der Waals surface area contributed by atoms with Crippen molar-refractivity contribution in [1.82, 2.24) is 0 Å². The first-order valence-corrected chi connectivity index (χ1v) is 7.35. The van der Waals surface area contributed by atoms with Crippen LogP contribution in [-0.4, -0.2) is 19.8 Å². The molecule has 0 bridgehead atoms. The number of furan rings is 1. The van der Waals surface area contributed by atoms with E-state index in [0.717, 1.165) is 11.8 Å². The van der Waals surface area contributed by atoms with Gasteiger partial charge in [0.25, 0.3) is 0 Å². The van der Waals surface area contributed by atoms with Gasteiger partial charge in [0.15, 0.2) is 9.84 Å². The van der Waals surface area contributed by atoms with Crippen LogP contribution >= 0.6 is 0 Å². The molecule has 1 heterocycles. The van der Waals surface area contributed by atoms with Crippen LogP contribution < -0.4 is 0 Å². The van der Waals surface area contributed by atoms with Crippen molar-refractivity contribution in [2.24, 2.45) is 0 Å². The molecule has 2 aromatic rings. The lowest BCUT2D eigenvalue weighted by Gasteiger charge is -2.10. The first-order chi connectivity index (χ1) is 8.47. The molecule has 0 spiro atoms. The molecule has 0 aliphatic carbocycles. The smallest absolute Gasteiger partial charge is 0.175 e. The summed E-state index contributed by atoms with van der Waals surface area (Å²) < 4.78 is 27.8. The zero-order valence-electron chi connectivity index (χ0n) is 9.91. The van der Waals surface area contributed by atoms with Gasteiger partial charge in [-0.05, 0) is 29.3 Å². The van der Waals surface area contributed by atoms with Crippen molar-refractivity contribution >= 4 is 9.84 Å². The molecule has 18 heavy (non-hydrogen) atoms. The number of aliphatic hydroxyl groups excluding tert-OH is 1. The Labute approximate surface area is 106 Å². The molecule has 0 fully saturated rings. The molecule has 2 rings (SSSR count). The summed E-state index contributed by atoms with van der Waals surface area (Å²) in [6.07, 6.45) is 3.89. The van der Waals surface area contributed by atoms with E-state index in [-0.39, 0.29) is 4.90 Å². The van der Waals surface area contributed by atoms with E-state index >= 15 is 0 Å². The summed E-state index contributed by atoms with van der Waals surface area (Å²) in [5, 5.41) is 10.0. The van der Waals surface area contributed by atoms with E-state index in [4.69, 9.17) is 4.42 Å². The van der Waals surface area contributed by atoms with Crippen molar-refractivity contribution in [3.05, 3.63) is 54.0 Å². The second-order valence-corrected chi connectivity index (χ2v) is 6.21. The lowest BCUT2D eigenvalue weighted by molar-refractivity contribution is 0.178. The van der Waals surface area contributed by atoms with Crippen LogP contribution in [0.15, 0.2) is 52.2 Å². The minimum Gasteiger partial charge on any atom is -0.472 e. The second-order valence-electron chi connectivity index (χ2n) is 4.20. The van der Waals surface area contributed by atoms with E-state index < -0.39 is 15.9 Å². The summed E-state index contributed by atoms with van der Waals surface area (Å²) in [6.45, 7) is 0. The first-order valence-electron chi connectivity index (χ1n) is 5.46. The molecule has 0 amide bonds. The molecule has 4 nitrogen and oxygen atoms in total. The van der Waals surface area contributed by atoms with Gasteiger partial charge in [-0.25, -0.2) is 8.42 Å². The second kappa shape index (κ2) is 4.96. The lowest BCUT2D eigenvalue weighted by atomic mass is 10.0. The predicted octanol–water partition coefficient (Wildman–Crippen LogP) is 1.96. The molecule has 1 atom stereocenters. The maximum atomic E-state index is 11.4. The molecule has 1 aromatic heterocycles. The molecular weight excluding hydrogens is 252 g/mol. The molecule has 0 radical (unpaired) electrons. The van der Waals surface area contributed by atoms with E-state index in [1.807, 2.05) is 0 Å². The van der Waals surface area contributed by atoms with Crippen molar-refractivity contribution < 1.29 is 17.9 Å². The van der Waals surface area contributed by atoms with Crippen LogP contribution in [-0.2, 0) is 16.3 Å². The zero-order valence-corrected chi connectivity index (χ0v) is 10.7. The summed E-state index contributed by atoms with van der Waals surface area (Å²) in [7, 11) is -3.25. The van der Waals surface area contributed by atoms with Gasteiger partial charge >= 0.3 is 0 Å². The fourth-order valence-corrected chi connectivity index (χ4v) is 2.38. The Morgan fingerprint density at radius 3 is 2.72 bits per heavy atom. The van der Waals surface area contributed by atoms with Gasteiger partial charge < -0.3 is 9.52 Å². The average molecular weight is 266 g/mol. The van der Waals surface area contributed by atoms with E-state index in [1.165, 1.54) is 18.4 Å². The Hall–Kier alpha value is -1.59. The van der Waals surface area contributed by atoms with E-state index in [0.29, 0.717) is 12.0 Å². The van der Waals surface area contributed by atoms with Crippen LogP contribution in [0, 0.1) is 0 Å². The molecule has 0 saturated carbocycles. The summed E-state index contributed by atoms with van der Waals surface area (Å²) >= 11 is 0. The molecule has 1 aromatic carbocycles. The Kier molecular flexibility index (Phi) is 3.54. The quantitative estimate of drug-likeness (QED) is 0.918. The fourth-order valence-electron chi connectivity index (χ4n) is 1.70. The fraction of sp³-hybridized carbons (Fsp3) is 0.231. The van der Waals surface area contributed by atoms with Crippen molar-refractivity contribution in [2.75, 3.05) is 6.26 Å². The van der Waals surface area contributed by atoms with Crippen LogP contribution in [0.5, 0.6) is 0 Å². The van der Waals surface area contributed by atoms with Gasteiger partial charge in [0, 0.05) is 12.7 Å². The molecule has 1 unspecified atom stereocenters. The van der Waals surface area contributed by atoms with Crippen molar-refractivity contribution in [2.45, 2.75) is 17.4 Å². The van der Waals surface area contributed by atoms with Crippen LogP contribution in [0.25, 0.3) is 0 Å². The Morgan fingerprint density at radius 2 is 2.11 bits per heavy atom. The zero-order chi connectivity index (χ0) is 13.2. The van der Waals surface area contributed by atoms with Gasteiger partial charge in [0.05, 0.1) is 23.5 Å². The maximum absolute atomic E-state index is 11.4. The SMILES string of the molecule is CS(=O)(=O)c1cccc(C(O)Cc2ccoc2)c1. The van der Waals surface area contributed by atoms with E-state index in [9.17, 15) is 13.5 Å². The van der Waals surface area contributed by atoms with Crippen molar-refractivity contribution in [3.63, 3.8) is 0 Å². The van der Waals surface area contributed by atoms with Crippen LogP contribution in [0.2, 0.25) is 0 Å². The number of benzene rings is 1. The standard InChI is InChI=1S/C13H14O4S/c1-18(15,16)12-4-2-3-11(8-12)13(14)7-10-5-6-17-9-10/h2-6,8-9,13-14H,7H2,1H3. The average Bonchev–Trinajstić information content (AvgIpc) is 2.81. The largest absolute Gasteiger partial charge is 0.472 e. The monoisotopic (exact) mass is 266 g/mol. The summed E-state index contributed by atoms with van der Waals surface area (Å²) in [5.74, 6) is 0. The number of aliphatic hydroxyl groups is 1. The molecule has 5 heteroatoms. The molecule has 1 N–H and O–H groups in total. The normalized spacial score (nSPS) is 13.4. The summed E-state index contributed by atoms with van der Waals surface area (Å²) in [6, 6.07) is 8.12. The predicted molar refractivity (Wildman–Crippen MR) is 66.9 cm³/mol. The van der Waals surface area contributed by atoms with Crippen molar-refractivity contribution in [1.29, 1.82) is 0 Å². The van der Waals surface area contributed by atoms with Gasteiger partial charge in [0.1, 0.15) is 0 Å². The highest BCUT2D eigenvalue weighted by Gasteiger charge is 2.13. The van der Waals surface area contributed by atoms with Gasteiger partial charge in [-0.2, -0.15) is 0 Å². The topological polar surface area (TPSA) is 67.5 Å². The maximum Gasteiger partial charge on any atom is 0.175 e. The molecular formula is C13H14O4S. The lowest BCUT2D eigenvalue weighted by Crippen LogP contribution is -2.03. The third-order valence-corrected chi connectivity index (χ3v) is 3.79. The number of hydrogen-bond acceptors (Lipinski definition) is 4. The summed E-state index contributed by atoms with van der Waals surface area (Å²) in [5.41, 5.74) is 1.45. The van der Waals surface area contributed by atoms with Gasteiger partial charge in [-0.1, -0.05) is 12.1 Å². The van der Waals surface area contributed by atoms with Crippen LogP contribution in [0.3, 0.4) is 0 Å². The van der Waals surface area contributed by atoms with Gasteiger partial charge in [-0.15, -0.1) is 0 Å². The highest BCUT2D eigenvalue weighted by Crippen LogP contribution is 2.21. The van der Waals surface area contributed by atoms with E-state index in [2.05, 4.69) is 0 Å². The number of sulfone groups is 1. The van der Waals surface area contributed by atoms with E-state index in [1.54, 1.807) is 24.5 Å². The Bertz CT molecular complexity index is 614. The molecule has 0 saturated heterocycles. The Balaban J connectivity index is 2.23. The van der Waals surface area contributed by atoms with Gasteiger partial charge in [0.2, 0.25) is 0 Å². The van der Waals surface area contributed by atoms with Crippen LogP contribution in [0.1, 0.15) is 17.2 Å². The van der Waals surface area contributed by atoms with Crippen LogP contribution in [0.4, 0.5) is 0 Å². The Morgan fingerprint density at radius 1 is 1.33 bits per heavy atom. The molecule has 0 aliphatic heterocycles.